The van der Waals surface area contributed by atoms with Gasteiger partial charge in [0.1, 0.15) is 5.58 Å². The second-order valence-corrected chi connectivity index (χ2v) is 14.5. The van der Waals surface area contributed by atoms with E-state index >= 15 is 0 Å². The first-order chi connectivity index (χ1) is 28.3. The van der Waals surface area contributed by atoms with Crippen molar-refractivity contribution in [3.05, 3.63) is 194 Å². The molecule has 0 aliphatic heterocycles. The Morgan fingerprint density at radius 3 is 1.42 bits per heavy atom. The largest absolute Gasteiger partial charge is 0.454 e. The third-order valence-corrected chi connectivity index (χ3v) is 11.3. The molecular formula is C52H32N4O. The number of nitrogens with zero attached hydrogens (tertiary/aromatic N) is 4. The van der Waals surface area contributed by atoms with Gasteiger partial charge in [-0.1, -0.05) is 152 Å². The molecule has 5 nitrogen and oxygen atoms in total. The number of hydrogen-bond donors (Lipinski definition) is 0. The normalized spacial score (nSPS) is 11.9. The Balaban J connectivity index is 1.32. The summed E-state index contributed by atoms with van der Waals surface area (Å²) in [5.41, 5.74) is 12.6. The van der Waals surface area contributed by atoms with Gasteiger partial charge in [0.15, 0.2) is 11.4 Å². The third kappa shape index (κ3) is 4.76. The van der Waals surface area contributed by atoms with Gasteiger partial charge in [-0.05, 0) is 42.5 Å². The van der Waals surface area contributed by atoms with E-state index in [0.29, 0.717) is 5.82 Å². The summed E-state index contributed by atoms with van der Waals surface area (Å²) in [5, 5.41) is 6.80. The van der Waals surface area contributed by atoms with E-state index in [-0.39, 0.29) is 0 Å². The van der Waals surface area contributed by atoms with Crippen LogP contribution < -0.4 is 0 Å². The molecule has 0 spiro atoms. The predicted octanol–water partition coefficient (Wildman–Crippen LogP) is 13.6. The SMILES string of the molecule is c1ccc(-c2cc(-c3cc(-n4c5ccccc5c5ccccc54)c4oc5ccccc5c4c3-n3c4ccccc4c4ccccc43)nc(-c3ccccc3)n2)cc1. The molecule has 0 amide bonds. The van der Waals surface area contributed by atoms with Gasteiger partial charge >= 0.3 is 0 Å². The van der Waals surface area contributed by atoms with Gasteiger partial charge in [0, 0.05) is 43.6 Å². The summed E-state index contributed by atoms with van der Waals surface area (Å²) in [7, 11) is 0. The summed E-state index contributed by atoms with van der Waals surface area (Å²) >= 11 is 0. The molecule has 57 heavy (non-hydrogen) atoms. The van der Waals surface area contributed by atoms with E-state index < -0.39 is 0 Å². The van der Waals surface area contributed by atoms with Gasteiger partial charge in [0.05, 0.1) is 50.2 Å². The summed E-state index contributed by atoms with van der Waals surface area (Å²) in [6.07, 6.45) is 0. The van der Waals surface area contributed by atoms with Crippen LogP contribution in [0.3, 0.4) is 0 Å². The zero-order valence-electron chi connectivity index (χ0n) is 30.7. The first-order valence-electron chi connectivity index (χ1n) is 19.3. The summed E-state index contributed by atoms with van der Waals surface area (Å²) < 4.78 is 11.9. The van der Waals surface area contributed by atoms with Gasteiger partial charge in [-0.2, -0.15) is 0 Å². The van der Waals surface area contributed by atoms with Crippen molar-refractivity contribution in [1.82, 2.24) is 19.1 Å². The highest BCUT2D eigenvalue weighted by molar-refractivity contribution is 6.19. The van der Waals surface area contributed by atoms with Gasteiger partial charge in [-0.25, -0.2) is 9.97 Å². The van der Waals surface area contributed by atoms with Crippen molar-refractivity contribution in [2.45, 2.75) is 0 Å². The topological polar surface area (TPSA) is 48.8 Å². The van der Waals surface area contributed by atoms with Crippen LogP contribution in [0.25, 0.3) is 111 Å². The van der Waals surface area contributed by atoms with Crippen LogP contribution in [0.4, 0.5) is 0 Å². The maximum Gasteiger partial charge on any atom is 0.161 e. The molecule has 8 aromatic carbocycles. The monoisotopic (exact) mass is 728 g/mol. The number of benzene rings is 8. The average Bonchev–Trinajstić information content (AvgIpc) is 3.95. The molecule has 4 heterocycles. The van der Waals surface area contributed by atoms with Crippen LogP contribution in [0.5, 0.6) is 0 Å². The van der Waals surface area contributed by atoms with Crippen LogP contribution in [-0.2, 0) is 0 Å². The van der Waals surface area contributed by atoms with Crippen molar-refractivity contribution in [2.24, 2.45) is 0 Å². The van der Waals surface area contributed by atoms with E-state index in [0.717, 1.165) is 83.5 Å². The van der Waals surface area contributed by atoms with Gasteiger partial charge in [-0.15, -0.1) is 0 Å². The highest BCUT2D eigenvalue weighted by Crippen LogP contribution is 2.47. The first-order valence-corrected chi connectivity index (χ1v) is 19.3. The molecule has 5 heteroatoms. The fourth-order valence-electron chi connectivity index (χ4n) is 8.86. The van der Waals surface area contributed by atoms with Crippen molar-refractivity contribution >= 4 is 65.6 Å². The van der Waals surface area contributed by atoms with E-state index in [1.165, 1.54) is 21.5 Å². The van der Waals surface area contributed by atoms with Crippen LogP contribution in [-0.4, -0.2) is 19.1 Å². The Bertz CT molecular complexity index is 3360. The van der Waals surface area contributed by atoms with E-state index in [1.807, 2.05) is 24.3 Å². The lowest BCUT2D eigenvalue weighted by Gasteiger charge is -2.19. The van der Waals surface area contributed by atoms with Crippen LogP contribution in [0.15, 0.2) is 199 Å². The lowest BCUT2D eigenvalue weighted by atomic mass is 9.99. The summed E-state index contributed by atoms with van der Waals surface area (Å²) in [6, 6.07) is 68.2. The van der Waals surface area contributed by atoms with Crippen molar-refractivity contribution in [2.75, 3.05) is 0 Å². The number of aromatic nitrogens is 4. The van der Waals surface area contributed by atoms with Gasteiger partial charge < -0.3 is 13.6 Å². The molecule has 4 aromatic heterocycles. The van der Waals surface area contributed by atoms with Crippen molar-refractivity contribution in [3.8, 4) is 45.3 Å². The number of para-hydroxylation sites is 5. The molecule has 12 rings (SSSR count). The predicted molar refractivity (Wildman–Crippen MR) is 234 cm³/mol. The van der Waals surface area contributed by atoms with Gasteiger partial charge in [0.2, 0.25) is 0 Å². The molecule has 0 saturated carbocycles. The molecule has 0 aliphatic rings. The summed E-state index contributed by atoms with van der Waals surface area (Å²) in [6.45, 7) is 0. The highest BCUT2D eigenvalue weighted by Gasteiger charge is 2.27. The minimum atomic E-state index is 0.663. The van der Waals surface area contributed by atoms with Crippen molar-refractivity contribution in [1.29, 1.82) is 0 Å². The molecule has 12 aromatic rings. The van der Waals surface area contributed by atoms with Crippen LogP contribution in [0, 0.1) is 0 Å². The van der Waals surface area contributed by atoms with E-state index in [2.05, 4.69) is 179 Å². The number of hydrogen-bond acceptors (Lipinski definition) is 3. The van der Waals surface area contributed by atoms with Crippen molar-refractivity contribution < 1.29 is 4.42 Å². The van der Waals surface area contributed by atoms with E-state index in [4.69, 9.17) is 14.4 Å². The summed E-state index contributed by atoms with van der Waals surface area (Å²) in [4.78, 5) is 10.7. The standard InChI is InChI=1S/C52H32N4O/c1-3-17-33(18-4-1)41-32-42(54-52(53-41)34-19-5-2-6-20-34)40-31-47(55-43-26-12-7-21-35(43)36-22-8-13-27-44(36)55)51-49(39-25-11-16-30-48(39)57-51)50(40)56-45-28-14-9-23-37(45)38-24-10-15-29-46(38)56/h1-32H. The molecule has 266 valence electrons. The Morgan fingerprint density at radius 2 is 0.842 bits per heavy atom. The molecule has 0 fully saturated rings. The fourth-order valence-corrected chi connectivity index (χ4v) is 8.86. The molecule has 0 atom stereocenters. The van der Waals surface area contributed by atoms with Crippen LogP contribution in [0.2, 0.25) is 0 Å². The zero-order chi connectivity index (χ0) is 37.5. The maximum absolute atomic E-state index is 7.08. The molecule has 0 unspecified atom stereocenters. The Hall–Kier alpha value is -7.76. The second-order valence-electron chi connectivity index (χ2n) is 14.5. The quantitative estimate of drug-likeness (QED) is 0.177. The Labute approximate surface area is 327 Å². The van der Waals surface area contributed by atoms with Gasteiger partial charge in [0.25, 0.3) is 0 Å². The van der Waals surface area contributed by atoms with Crippen LogP contribution in [0.1, 0.15) is 0 Å². The fraction of sp³-hybridized carbons (Fsp3) is 0. The molecule has 0 N–H and O–H groups in total. The number of rotatable bonds is 5. The lowest BCUT2D eigenvalue weighted by molar-refractivity contribution is 0.666. The Kier molecular flexibility index (Phi) is 6.86. The minimum absolute atomic E-state index is 0.663. The van der Waals surface area contributed by atoms with Crippen LogP contribution >= 0.6 is 0 Å². The molecule has 0 bridgehead atoms. The number of furan rings is 1. The smallest absolute Gasteiger partial charge is 0.161 e. The molecule has 0 radical (unpaired) electrons. The number of fused-ring (bicyclic) bond motifs is 9. The minimum Gasteiger partial charge on any atom is -0.454 e. The van der Waals surface area contributed by atoms with Crippen molar-refractivity contribution in [3.63, 3.8) is 0 Å². The summed E-state index contributed by atoms with van der Waals surface area (Å²) in [5.74, 6) is 0.663. The first kappa shape index (κ1) is 31.6. The van der Waals surface area contributed by atoms with E-state index in [1.54, 1.807) is 0 Å². The molecular weight excluding hydrogens is 697 g/mol. The zero-order valence-corrected chi connectivity index (χ0v) is 30.7. The third-order valence-electron chi connectivity index (χ3n) is 11.3. The average molecular weight is 729 g/mol. The van der Waals surface area contributed by atoms with E-state index in [9.17, 15) is 0 Å². The molecule has 0 aliphatic carbocycles. The van der Waals surface area contributed by atoms with Gasteiger partial charge in [-0.3, -0.25) is 0 Å². The Morgan fingerprint density at radius 1 is 0.386 bits per heavy atom. The molecule has 0 saturated heterocycles. The maximum atomic E-state index is 7.08. The highest BCUT2D eigenvalue weighted by atomic mass is 16.3. The lowest BCUT2D eigenvalue weighted by Crippen LogP contribution is -2.04. The second kappa shape index (κ2) is 12.4.